The lowest BCUT2D eigenvalue weighted by molar-refractivity contribution is 0.0950. The number of piperidine rings is 1. The number of aryl methyl sites for hydroxylation is 1. The fraction of sp³-hybridized carbons (Fsp3) is 0.524. The summed E-state index contributed by atoms with van der Waals surface area (Å²) >= 11 is 6.45. The lowest BCUT2D eigenvalue weighted by Gasteiger charge is -2.30. The Labute approximate surface area is 166 Å². The molecule has 1 aliphatic heterocycles. The Morgan fingerprint density at radius 1 is 1.26 bits per heavy atom. The molecule has 2 aromatic rings. The molecule has 1 N–H and O–H groups in total. The van der Waals surface area contributed by atoms with Gasteiger partial charge in [0.25, 0.3) is 5.91 Å². The monoisotopic (exact) mass is 388 g/mol. The van der Waals surface area contributed by atoms with Crippen molar-refractivity contribution in [3.8, 4) is 0 Å². The first-order valence-corrected chi connectivity index (χ1v) is 10.2. The number of amides is 1. The van der Waals surface area contributed by atoms with Gasteiger partial charge in [-0.15, -0.1) is 0 Å². The fourth-order valence-electron chi connectivity index (χ4n) is 3.55. The number of rotatable bonds is 7. The van der Waals surface area contributed by atoms with Gasteiger partial charge in [-0.3, -0.25) is 4.79 Å². The molecule has 3 rings (SSSR count). The average Bonchev–Trinajstić information content (AvgIpc) is 2.94. The molecule has 0 atom stereocenters. The van der Waals surface area contributed by atoms with E-state index in [9.17, 15) is 4.79 Å². The number of hydrogen-bond donors (Lipinski definition) is 1. The van der Waals surface area contributed by atoms with Crippen molar-refractivity contribution in [1.29, 1.82) is 0 Å². The number of carbonyl (C=O) groups excluding carboxylic acids is 1. The summed E-state index contributed by atoms with van der Waals surface area (Å²) in [5.41, 5.74) is 2.25. The summed E-state index contributed by atoms with van der Waals surface area (Å²) in [6.07, 6.45) is 3.51. The van der Waals surface area contributed by atoms with Crippen LogP contribution >= 0.6 is 11.6 Å². The predicted molar refractivity (Wildman–Crippen MR) is 109 cm³/mol. The molecule has 0 spiro atoms. The summed E-state index contributed by atoms with van der Waals surface area (Å²) < 4.78 is 1.69. The molecule has 0 saturated carbocycles. The van der Waals surface area contributed by atoms with Crippen molar-refractivity contribution in [3.63, 3.8) is 0 Å². The van der Waals surface area contributed by atoms with Gasteiger partial charge < -0.3 is 10.2 Å². The number of nitrogens with one attached hydrogen (secondary N) is 1. The molecule has 6 heteroatoms. The molecular formula is C21H29ClN4O. The molecule has 1 saturated heterocycles. The minimum absolute atomic E-state index is 0.135. The van der Waals surface area contributed by atoms with Gasteiger partial charge in [0.15, 0.2) is 0 Å². The van der Waals surface area contributed by atoms with Crippen molar-refractivity contribution in [2.24, 2.45) is 5.92 Å². The van der Waals surface area contributed by atoms with E-state index in [1.165, 1.54) is 25.9 Å². The van der Waals surface area contributed by atoms with E-state index >= 15 is 0 Å². The minimum atomic E-state index is -0.135. The standard InChI is InChI=1S/C21H29ClN4O/c1-16-9-13-25(14-10-16)12-6-11-23-21(27)19-17(2)24-26(20(19)22)15-18-7-4-3-5-8-18/h3-5,7-8,16H,6,9-15H2,1-2H3,(H,23,27). The Hall–Kier alpha value is -1.85. The van der Waals surface area contributed by atoms with Crippen LogP contribution in [0.3, 0.4) is 0 Å². The summed E-state index contributed by atoms with van der Waals surface area (Å²) in [6.45, 7) is 8.75. The Balaban J connectivity index is 1.51. The number of likely N-dealkylation sites (tertiary alicyclic amines) is 1. The first-order chi connectivity index (χ1) is 13.0. The molecule has 1 fully saturated rings. The van der Waals surface area contributed by atoms with E-state index in [2.05, 4.69) is 22.2 Å². The summed E-state index contributed by atoms with van der Waals surface area (Å²) in [7, 11) is 0. The second-order valence-electron chi connectivity index (χ2n) is 7.53. The van der Waals surface area contributed by atoms with Gasteiger partial charge in [-0.05, 0) is 57.3 Å². The number of nitrogens with zero attached hydrogens (tertiary/aromatic N) is 3. The molecule has 5 nitrogen and oxygen atoms in total. The van der Waals surface area contributed by atoms with Crippen LogP contribution in [-0.4, -0.2) is 46.8 Å². The Morgan fingerprint density at radius 2 is 1.96 bits per heavy atom. The lowest BCUT2D eigenvalue weighted by atomic mass is 9.99. The Kier molecular flexibility index (Phi) is 6.91. The zero-order valence-electron chi connectivity index (χ0n) is 16.2. The highest BCUT2D eigenvalue weighted by molar-refractivity contribution is 6.33. The molecule has 0 unspecified atom stereocenters. The van der Waals surface area contributed by atoms with E-state index in [1.807, 2.05) is 37.3 Å². The predicted octanol–water partition coefficient (Wildman–Crippen LogP) is 3.75. The Bertz CT molecular complexity index is 751. The van der Waals surface area contributed by atoms with E-state index in [0.29, 0.717) is 29.5 Å². The number of carbonyl (C=O) groups is 1. The molecule has 0 bridgehead atoms. The second kappa shape index (κ2) is 9.38. The summed E-state index contributed by atoms with van der Waals surface area (Å²) in [5.74, 6) is 0.711. The third-order valence-electron chi connectivity index (χ3n) is 5.28. The molecular weight excluding hydrogens is 360 g/mol. The minimum Gasteiger partial charge on any atom is -0.352 e. The van der Waals surface area contributed by atoms with Gasteiger partial charge >= 0.3 is 0 Å². The highest BCUT2D eigenvalue weighted by Gasteiger charge is 2.20. The van der Waals surface area contributed by atoms with Crippen LogP contribution in [0.4, 0.5) is 0 Å². The molecule has 27 heavy (non-hydrogen) atoms. The van der Waals surface area contributed by atoms with Crippen LogP contribution in [0.15, 0.2) is 30.3 Å². The van der Waals surface area contributed by atoms with Crippen LogP contribution in [0.5, 0.6) is 0 Å². The van der Waals surface area contributed by atoms with Crippen LogP contribution in [-0.2, 0) is 6.54 Å². The molecule has 0 aliphatic carbocycles. The molecule has 1 aromatic heterocycles. The molecule has 2 heterocycles. The molecule has 1 aliphatic rings. The van der Waals surface area contributed by atoms with E-state index in [0.717, 1.165) is 24.4 Å². The van der Waals surface area contributed by atoms with E-state index < -0.39 is 0 Å². The quantitative estimate of drug-likeness (QED) is 0.735. The van der Waals surface area contributed by atoms with Gasteiger partial charge in [-0.1, -0.05) is 48.9 Å². The van der Waals surface area contributed by atoms with Crippen LogP contribution < -0.4 is 5.32 Å². The third-order valence-corrected chi connectivity index (χ3v) is 5.66. The van der Waals surface area contributed by atoms with Crippen LogP contribution in [0.25, 0.3) is 0 Å². The summed E-state index contributed by atoms with van der Waals surface area (Å²) in [5, 5.41) is 7.86. The molecule has 146 valence electrons. The van der Waals surface area contributed by atoms with Crippen LogP contribution in [0.1, 0.15) is 47.8 Å². The number of halogens is 1. The molecule has 1 aromatic carbocycles. The van der Waals surface area contributed by atoms with Crippen molar-refractivity contribution in [2.75, 3.05) is 26.2 Å². The third kappa shape index (κ3) is 5.33. The Morgan fingerprint density at radius 3 is 2.67 bits per heavy atom. The van der Waals surface area contributed by atoms with Crippen LogP contribution in [0.2, 0.25) is 5.15 Å². The van der Waals surface area contributed by atoms with E-state index in [4.69, 9.17) is 11.6 Å². The van der Waals surface area contributed by atoms with Gasteiger partial charge in [0.05, 0.1) is 17.8 Å². The van der Waals surface area contributed by atoms with Gasteiger partial charge in [-0.2, -0.15) is 5.10 Å². The van der Waals surface area contributed by atoms with Crippen molar-refractivity contribution in [3.05, 3.63) is 52.3 Å². The van der Waals surface area contributed by atoms with Crippen LogP contribution in [0, 0.1) is 12.8 Å². The fourth-order valence-corrected chi connectivity index (χ4v) is 3.87. The lowest BCUT2D eigenvalue weighted by Crippen LogP contribution is -2.35. The zero-order chi connectivity index (χ0) is 19.2. The van der Waals surface area contributed by atoms with Crippen molar-refractivity contribution in [1.82, 2.24) is 20.0 Å². The smallest absolute Gasteiger partial charge is 0.256 e. The second-order valence-corrected chi connectivity index (χ2v) is 7.89. The molecule has 0 radical (unpaired) electrons. The highest BCUT2D eigenvalue weighted by atomic mass is 35.5. The number of hydrogen-bond acceptors (Lipinski definition) is 3. The van der Waals surface area contributed by atoms with Crippen molar-refractivity contribution >= 4 is 17.5 Å². The number of benzene rings is 1. The van der Waals surface area contributed by atoms with Gasteiger partial charge in [0.1, 0.15) is 5.15 Å². The largest absolute Gasteiger partial charge is 0.352 e. The van der Waals surface area contributed by atoms with E-state index in [-0.39, 0.29) is 5.91 Å². The molecule has 1 amide bonds. The van der Waals surface area contributed by atoms with Gasteiger partial charge in [0.2, 0.25) is 0 Å². The van der Waals surface area contributed by atoms with Crippen molar-refractivity contribution in [2.45, 2.75) is 39.7 Å². The first kappa shape index (κ1) is 19.9. The maximum absolute atomic E-state index is 12.6. The first-order valence-electron chi connectivity index (χ1n) is 9.82. The maximum Gasteiger partial charge on any atom is 0.256 e. The SMILES string of the molecule is Cc1nn(Cc2ccccc2)c(Cl)c1C(=O)NCCCN1CCC(C)CC1. The van der Waals surface area contributed by atoms with Gasteiger partial charge in [0, 0.05) is 6.54 Å². The van der Waals surface area contributed by atoms with Crippen molar-refractivity contribution < 1.29 is 4.79 Å². The number of aromatic nitrogens is 2. The summed E-state index contributed by atoms with van der Waals surface area (Å²) in [6, 6.07) is 9.98. The average molecular weight is 389 g/mol. The maximum atomic E-state index is 12.6. The topological polar surface area (TPSA) is 50.2 Å². The normalized spacial score (nSPS) is 15.8. The van der Waals surface area contributed by atoms with E-state index in [1.54, 1.807) is 4.68 Å². The highest BCUT2D eigenvalue weighted by Crippen LogP contribution is 2.21. The zero-order valence-corrected chi connectivity index (χ0v) is 17.0. The van der Waals surface area contributed by atoms with Gasteiger partial charge in [-0.25, -0.2) is 4.68 Å². The summed E-state index contributed by atoms with van der Waals surface area (Å²) in [4.78, 5) is 15.1.